The Kier molecular flexibility index (Phi) is 4.02. The Morgan fingerprint density at radius 2 is 1.88 bits per heavy atom. The zero-order chi connectivity index (χ0) is 12.3. The highest BCUT2D eigenvalue weighted by Crippen LogP contribution is 2.31. The molecule has 0 aliphatic heterocycles. The second-order valence-corrected chi connectivity index (χ2v) is 4.85. The third kappa shape index (κ3) is 3.20. The van der Waals surface area contributed by atoms with Crippen molar-refractivity contribution in [3.8, 4) is 0 Å². The lowest BCUT2D eigenvalue weighted by Crippen LogP contribution is -2.00. The SMILES string of the molecule is Fc1cc(Cl)c(NCc2ccccc2)c(Br)c1. The summed E-state index contributed by atoms with van der Waals surface area (Å²) < 4.78 is 13.7. The maximum absolute atomic E-state index is 13.0. The van der Waals surface area contributed by atoms with Crippen LogP contribution >= 0.6 is 27.5 Å². The lowest BCUT2D eigenvalue weighted by atomic mass is 10.2. The molecule has 0 fully saturated rings. The molecule has 1 N–H and O–H groups in total. The maximum atomic E-state index is 13.0. The van der Waals surface area contributed by atoms with E-state index < -0.39 is 0 Å². The summed E-state index contributed by atoms with van der Waals surface area (Å²) in [5, 5.41) is 3.55. The van der Waals surface area contributed by atoms with Crippen LogP contribution in [0.3, 0.4) is 0 Å². The van der Waals surface area contributed by atoms with Gasteiger partial charge in [0.05, 0.1) is 10.7 Å². The Morgan fingerprint density at radius 3 is 2.53 bits per heavy atom. The first-order valence-electron chi connectivity index (χ1n) is 5.09. The second kappa shape index (κ2) is 5.52. The molecule has 0 saturated heterocycles. The molecule has 2 aromatic rings. The van der Waals surface area contributed by atoms with Crippen LogP contribution < -0.4 is 5.32 Å². The summed E-state index contributed by atoms with van der Waals surface area (Å²) in [4.78, 5) is 0. The van der Waals surface area contributed by atoms with Crippen molar-refractivity contribution in [3.05, 3.63) is 63.3 Å². The van der Waals surface area contributed by atoms with Crippen molar-refractivity contribution >= 4 is 33.2 Å². The number of nitrogens with one attached hydrogen (secondary N) is 1. The van der Waals surface area contributed by atoms with Crippen LogP contribution in [-0.2, 0) is 6.54 Å². The number of hydrogen-bond donors (Lipinski definition) is 1. The summed E-state index contributed by atoms with van der Waals surface area (Å²) in [5.41, 5.74) is 1.84. The Bertz CT molecular complexity index is 493. The predicted molar refractivity (Wildman–Crippen MR) is 72.9 cm³/mol. The van der Waals surface area contributed by atoms with Crippen LogP contribution in [-0.4, -0.2) is 0 Å². The number of benzene rings is 2. The van der Waals surface area contributed by atoms with Crippen molar-refractivity contribution in [2.45, 2.75) is 6.54 Å². The highest BCUT2D eigenvalue weighted by Gasteiger charge is 2.07. The third-order valence-electron chi connectivity index (χ3n) is 2.32. The third-order valence-corrected chi connectivity index (χ3v) is 3.24. The van der Waals surface area contributed by atoms with Gasteiger partial charge in [0, 0.05) is 11.0 Å². The Morgan fingerprint density at radius 1 is 1.18 bits per heavy atom. The highest BCUT2D eigenvalue weighted by molar-refractivity contribution is 9.10. The number of anilines is 1. The van der Waals surface area contributed by atoms with Gasteiger partial charge in [-0.3, -0.25) is 0 Å². The van der Waals surface area contributed by atoms with Crippen molar-refractivity contribution < 1.29 is 4.39 Å². The van der Waals surface area contributed by atoms with Crippen LogP contribution in [0.1, 0.15) is 5.56 Å². The standard InChI is InChI=1S/C13H10BrClFN/c14-11-6-10(16)7-12(15)13(11)17-8-9-4-2-1-3-5-9/h1-7,17H,8H2. The first-order chi connectivity index (χ1) is 8.16. The van der Waals surface area contributed by atoms with Crippen LogP contribution in [0.4, 0.5) is 10.1 Å². The monoisotopic (exact) mass is 313 g/mol. The molecule has 17 heavy (non-hydrogen) atoms. The van der Waals surface area contributed by atoms with Crippen molar-refractivity contribution in [2.24, 2.45) is 0 Å². The average Bonchev–Trinajstić information content (AvgIpc) is 2.29. The van der Waals surface area contributed by atoms with Gasteiger partial charge in [0.2, 0.25) is 0 Å². The molecular weight excluding hydrogens is 305 g/mol. The number of hydrogen-bond acceptors (Lipinski definition) is 1. The topological polar surface area (TPSA) is 12.0 Å². The summed E-state index contributed by atoms with van der Waals surface area (Å²) >= 11 is 9.25. The van der Waals surface area contributed by atoms with Crippen LogP contribution in [0.2, 0.25) is 5.02 Å². The highest BCUT2D eigenvalue weighted by atomic mass is 79.9. The number of halogens is 3. The largest absolute Gasteiger partial charge is 0.379 e. The quantitative estimate of drug-likeness (QED) is 0.853. The van der Waals surface area contributed by atoms with Crippen molar-refractivity contribution in [1.29, 1.82) is 0 Å². The van der Waals surface area contributed by atoms with Crippen LogP contribution in [0.5, 0.6) is 0 Å². The first-order valence-corrected chi connectivity index (χ1v) is 6.26. The second-order valence-electron chi connectivity index (χ2n) is 3.58. The van der Waals surface area contributed by atoms with Gasteiger partial charge in [-0.25, -0.2) is 4.39 Å². The molecule has 1 nitrogen and oxygen atoms in total. The maximum Gasteiger partial charge on any atom is 0.125 e. The molecule has 2 aromatic carbocycles. The minimum atomic E-state index is -0.355. The van der Waals surface area contributed by atoms with Gasteiger partial charge in [0.25, 0.3) is 0 Å². The smallest absolute Gasteiger partial charge is 0.125 e. The molecule has 0 saturated carbocycles. The van der Waals surface area contributed by atoms with Gasteiger partial charge in [-0.15, -0.1) is 0 Å². The van der Waals surface area contributed by atoms with E-state index in [9.17, 15) is 4.39 Å². The van der Waals surface area contributed by atoms with Crippen molar-refractivity contribution in [3.63, 3.8) is 0 Å². The molecule has 0 heterocycles. The lowest BCUT2D eigenvalue weighted by Gasteiger charge is -2.10. The fourth-order valence-corrected chi connectivity index (χ4v) is 2.46. The van der Waals surface area contributed by atoms with E-state index in [2.05, 4.69) is 21.2 Å². The minimum absolute atomic E-state index is 0.355. The molecule has 2 rings (SSSR count). The van der Waals surface area contributed by atoms with E-state index in [1.807, 2.05) is 30.3 Å². The Labute approximate surface area is 113 Å². The first kappa shape index (κ1) is 12.4. The molecule has 0 amide bonds. The summed E-state index contributed by atoms with van der Waals surface area (Å²) in [7, 11) is 0. The van der Waals surface area contributed by atoms with Gasteiger partial charge in [-0.1, -0.05) is 41.9 Å². The zero-order valence-electron chi connectivity index (χ0n) is 8.88. The molecule has 0 unspecified atom stereocenters. The van der Waals surface area contributed by atoms with Gasteiger partial charge in [0.15, 0.2) is 0 Å². The summed E-state index contributed by atoms with van der Waals surface area (Å²) in [5.74, 6) is -0.355. The molecule has 0 bridgehead atoms. The summed E-state index contributed by atoms with van der Waals surface area (Å²) in [6.45, 7) is 0.644. The fourth-order valence-electron chi connectivity index (χ4n) is 1.50. The molecule has 4 heteroatoms. The van der Waals surface area contributed by atoms with Crippen LogP contribution in [0.15, 0.2) is 46.9 Å². The molecule has 0 aromatic heterocycles. The molecule has 0 atom stereocenters. The molecule has 0 aliphatic rings. The Hall–Kier alpha value is -1.06. The van der Waals surface area contributed by atoms with E-state index in [1.54, 1.807) is 0 Å². The van der Waals surface area contributed by atoms with Crippen molar-refractivity contribution in [1.82, 2.24) is 0 Å². The van der Waals surface area contributed by atoms with E-state index in [1.165, 1.54) is 12.1 Å². The van der Waals surface area contributed by atoms with E-state index >= 15 is 0 Å². The lowest BCUT2D eigenvalue weighted by molar-refractivity contribution is 0.627. The number of rotatable bonds is 3. The van der Waals surface area contributed by atoms with Gasteiger partial charge in [-0.2, -0.15) is 0 Å². The van der Waals surface area contributed by atoms with E-state index in [4.69, 9.17) is 11.6 Å². The molecule has 88 valence electrons. The van der Waals surface area contributed by atoms with Crippen molar-refractivity contribution in [2.75, 3.05) is 5.32 Å². The molecule has 0 radical (unpaired) electrons. The van der Waals surface area contributed by atoms with Crippen LogP contribution in [0.25, 0.3) is 0 Å². The van der Waals surface area contributed by atoms with E-state index in [0.29, 0.717) is 21.7 Å². The summed E-state index contributed by atoms with van der Waals surface area (Å²) in [6.07, 6.45) is 0. The van der Waals surface area contributed by atoms with E-state index in [0.717, 1.165) is 5.56 Å². The normalized spacial score (nSPS) is 10.3. The molecule has 0 spiro atoms. The van der Waals surface area contributed by atoms with Gasteiger partial charge in [-0.05, 0) is 33.6 Å². The fraction of sp³-hybridized carbons (Fsp3) is 0.0769. The average molecular weight is 315 g/mol. The van der Waals surface area contributed by atoms with E-state index in [-0.39, 0.29) is 5.82 Å². The minimum Gasteiger partial charge on any atom is -0.379 e. The Balaban J connectivity index is 2.15. The van der Waals surface area contributed by atoms with Crippen LogP contribution in [0, 0.1) is 5.82 Å². The van der Waals surface area contributed by atoms with Gasteiger partial charge < -0.3 is 5.32 Å². The molecule has 0 aliphatic carbocycles. The molecular formula is C13H10BrClFN. The van der Waals surface area contributed by atoms with Gasteiger partial charge in [0.1, 0.15) is 5.82 Å². The zero-order valence-corrected chi connectivity index (χ0v) is 11.2. The predicted octanol–water partition coefficient (Wildman–Crippen LogP) is 4.85. The van der Waals surface area contributed by atoms with Gasteiger partial charge >= 0.3 is 0 Å². The summed E-state index contributed by atoms with van der Waals surface area (Å²) in [6, 6.07) is 12.6.